The van der Waals surface area contributed by atoms with Gasteiger partial charge in [-0.2, -0.15) is 5.10 Å². The van der Waals surface area contributed by atoms with Gasteiger partial charge in [-0.25, -0.2) is 5.43 Å². The molecule has 0 aliphatic carbocycles. The minimum atomic E-state index is -0.380. The molecule has 1 amide bonds. The van der Waals surface area contributed by atoms with Gasteiger partial charge < -0.3 is 9.94 Å². The summed E-state index contributed by atoms with van der Waals surface area (Å²) in [5, 5.41) is 16.0. The molecule has 3 aromatic rings. The van der Waals surface area contributed by atoms with Crippen LogP contribution in [0.15, 0.2) is 93.6 Å². The van der Waals surface area contributed by atoms with Crippen LogP contribution in [0, 0.1) is 0 Å². The number of nitrogens with zero attached hydrogens (tertiary/aromatic N) is 2. The van der Waals surface area contributed by atoms with E-state index in [0.29, 0.717) is 16.9 Å². The second-order valence-electron chi connectivity index (χ2n) is 5.63. The van der Waals surface area contributed by atoms with E-state index in [1.165, 1.54) is 0 Å². The topological polar surface area (TPSA) is 83.3 Å². The lowest BCUT2D eigenvalue weighted by Gasteiger charge is -2.07. The van der Waals surface area contributed by atoms with Gasteiger partial charge in [-0.3, -0.25) is 4.79 Å². The molecule has 28 heavy (non-hydrogen) atoms. The third kappa shape index (κ3) is 5.28. The molecule has 0 atom stereocenters. The molecule has 0 heterocycles. The van der Waals surface area contributed by atoms with E-state index >= 15 is 0 Å². The van der Waals surface area contributed by atoms with Crippen LogP contribution < -0.4 is 10.2 Å². The fraction of sp³-hybridized carbons (Fsp3) is 0. The van der Waals surface area contributed by atoms with E-state index in [1.807, 2.05) is 36.4 Å². The number of carbonyl (C=O) groups excluding carboxylic acids is 1. The molecule has 3 rings (SSSR count). The summed E-state index contributed by atoms with van der Waals surface area (Å²) in [4.78, 5) is 12.2. The number of hydrogen-bond acceptors (Lipinski definition) is 5. The zero-order valence-electron chi connectivity index (χ0n) is 14.6. The first-order chi connectivity index (χ1) is 13.7. The molecular formula is C21H16BrN3O3. The highest BCUT2D eigenvalue weighted by Crippen LogP contribution is 2.21. The Morgan fingerprint density at radius 1 is 0.929 bits per heavy atom. The fourth-order valence-corrected chi connectivity index (χ4v) is 2.75. The number of hydrogen-bond donors (Lipinski definition) is 2. The summed E-state index contributed by atoms with van der Waals surface area (Å²) < 4.78 is 6.53. The average molecular weight is 438 g/mol. The van der Waals surface area contributed by atoms with Gasteiger partial charge in [0.15, 0.2) is 0 Å². The van der Waals surface area contributed by atoms with Crippen molar-refractivity contribution in [2.45, 2.75) is 0 Å². The molecule has 0 spiro atoms. The monoisotopic (exact) mass is 437 g/mol. The smallest absolute Gasteiger partial charge is 0.271 e. The average Bonchev–Trinajstić information content (AvgIpc) is 2.72. The Kier molecular flexibility index (Phi) is 6.54. The van der Waals surface area contributed by atoms with Crippen molar-refractivity contribution >= 4 is 33.8 Å². The molecule has 0 radical (unpaired) electrons. The number of nitrogens with one attached hydrogen (secondary N) is 1. The lowest BCUT2D eigenvalue weighted by Crippen LogP contribution is -2.20. The van der Waals surface area contributed by atoms with Crippen LogP contribution in [0.3, 0.4) is 0 Å². The maximum Gasteiger partial charge on any atom is 0.271 e. The summed E-state index contributed by atoms with van der Waals surface area (Å²) in [5.41, 5.74) is 3.84. The van der Waals surface area contributed by atoms with Gasteiger partial charge in [0.2, 0.25) is 0 Å². The predicted molar refractivity (Wildman–Crippen MR) is 111 cm³/mol. The molecule has 0 aliphatic rings. The number of halogens is 1. The number of rotatable bonds is 6. The molecule has 2 N–H and O–H groups in total. The molecule has 6 nitrogen and oxygen atoms in total. The Bertz CT molecular complexity index is 1000. The summed E-state index contributed by atoms with van der Waals surface area (Å²) in [6.45, 7) is 0. The highest BCUT2D eigenvalue weighted by molar-refractivity contribution is 9.10. The van der Waals surface area contributed by atoms with Crippen molar-refractivity contribution in [1.82, 2.24) is 5.43 Å². The van der Waals surface area contributed by atoms with Crippen molar-refractivity contribution in [1.29, 1.82) is 0 Å². The molecule has 7 heteroatoms. The number of benzene rings is 3. The van der Waals surface area contributed by atoms with Gasteiger partial charge in [-0.1, -0.05) is 45.4 Å². The minimum Gasteiger partial charge on any atom is -0.457 e. The quantitative estimate of drug-likeness (QED) is 0.328. The van der Waals surface area contributed by atoms with Gasteiger partial charge in [-0.15, -0.1) is 0 Å². The number of ether oxygens (including phenoxy) is 1. The summed E-state index contributed by atoms with van der Waals surface area (Å²) >= 11 is 3.32. The summed E-state index contributed by atoms with van der Waals surface area (Å²) in [6, 6.07) is 23.4. The molecular weight excluding hydrogens is 422 g/mol. The first-order valence-corrected chi connectivity index (χ1v) is 9.09. The Morgan fingerprint density at radius 2 is 1.64 bits per heavy atom. The van der Waals surface area contributed by atoms with Gasteiger partial charge in [0.25, 0.3) is 5.91 Å². The van der Waals surface area contributed by atoms with E-state index in [-0.39, 0.29) is 11.6 Å². The van der Waals surface area contributed by atoms with Gasteiger partial charge in [0.1, 0.15) is 17.2 Å². The number of para-hydroxylation sites is 1. The van der Waals surface area contributed by atoms with Crippen LogP contribution in [0.4, 0.5) is 0 Å². The lowest BCUT2D eigenvalue weighted by molar-refractivity contribution is 0.0955. The second kappa shape index (κ2) is 9.48. The standard InChI is InChI=1S/C21H16BrN3O3/c22-17-6-4-5-16(13-17)21(26)25-24-20(14-23-27)15-9-11-19(12-10-15)28-18-7-2-1-3-8-18/h1-14,27H,(H,25,26). The molecule has 0 bridgehead atoms. The van der Waals surface area contributed by atoms with Crippen LogP contribution in [0.25, 0.3) is 0 Å². The van der Waals surface area contributed by atoms with Gasteiger partial charge >= 0.3 is 0 Å². The van der Waals surface area contributed by atoms with Crippen molar-refractivity contribution in [3.63, 3.8) is 0 Å². The number of oxime groups is 1. The molecule has 0 saturated heterocycles. The maximum absolute atomic E-state index is 12.2. The summed E-state index contributed by atoms with van der Waals surface area (Å²) in [6.07, 6.45) is 1.15. The fourth-order valence-electron chi connectivity index (χ4n) is 2.35. The van der Waals surface area contributed by atoms with Crippen molar-refractivity contribution in [2.75, 3.05) is 0 Å². The van der Waals surface area contributed by atoms with Crippen LogP contribution >= 0.6 is 15.9 Å². The summed E-state index contributed by atoms with van der Waals surface area (Å²) in [7, 11) is 0. The van der Waals surface area contributed by atoms with Crippen LogP contribution in [-0.4, -0.2) is 23.0 Å². The van der Waals surface area contributed by atoms with Crippen molar-refractivity contribution in [3.05, 3.63) is 94.5 Å². The van der Waals surface area contributed by atoms with E-state index < -0.39 is 0 Å². The second-order valence-corrected chi connectivity index (χ2v) is 6.55. The molecule has 0 aliphatic heterocycles. The molecule has 3 aromatic carbocycles. The van der Waals surface area contributed by atoms with Crippen LogP contribution in [0.5, 0.6) is 11.5 Å². The van der Waals surface area contributed by atoms with E-state index in [1.54, 1.807) is 42.5 Å². The highest BCUT2D eigenvalue weighted by Gasteiger charge is 2.07. The number of carbonyl (C=O) groups is 1. The zero-order chi connectivity index (χ0) is 19.8. The Morgan fingerprint density at radius 3 is 2.32 bits per heavy atom. The highest BCUT2D eigenvalue weighted by atomic mass is 79.9. The summed E-state index contributed by atoms with van der Waals surface area (Å²) in [5.74, 6) is 0.991. The van der Waals surface area contributed by atoms with Crippen LogP contribution in [0.2, 0.25) is 0 Å². The zero-order valence-corrected chi connectivity index (χ0v) is 16.2. The molecule has 140 valence electrons. The molecule has 0 saturated carbocycles. The molecule has 0 fully saturated rings. The number of hydrazone groups is 1. The molecule has 0 unspecified atom stereocenters. The Labute approximate surface area is 170 Å². The first kappa shape index (κ1) is 19.3. The van der Waals surface area contributed by atoms with Gasteiger partial charge in [0, 0.05) is 15.6 Å². The third-order valence-corrected chi connectivity index (χ3v) is 4.17. The maximum atomic E-state index is 12.2. The largest absolute Gasteiger partial charge is 0.457 e. The van der Waals surface area contributed by atoms with Gasteiger partial charge in [0.05, 0.1) is 6.21 Å². The van der Waals surface area contributed by atoms with E-state index in [2.05, 4.69) is 31.6 Å². The normalized spacial score (nSPS) is 11.4. The third-order valence-electron chi connectivity index (χ3n) is 3.67. The van der Waals surface area contributed by atoms with Crippen LogP contribution in [-0.2, 0) is 0 Å². The SMILES string of the molecule is O=C(NN=C(C=NO)c1ccc(Oc2ccccc2)cc1)c1cccc(Br)c1. The minimum absolute atomic E-state index is 0.289. The van der Waals surface area contributed by atoms with Crippen molar-refractivity contribution in [2.24, 2.45) is 10.3 Å². The van der Waals surface area contributed by atoms with Gasteiger partial charge in [-0.05, 0) is 54.6 Å². The lowest BCUT2D eigenvalue weighted by atomic mass is 10.1. The van der Waals surface area contributed by atoms with E-state index in [9.17, 15) is 4.79 Å². The predicted octanol–water partition coefficient (Wildman–Crippen LogP) is 4.84. The number of amides is 1. The first-order valence-electron chi connectivity index (χ1n) is 8.30. The van der Waals surface area contributed by atoms with E-state index in [0.717, 1.165) is 16.4 Å². The van der Waals surface area contributed by atoms with Crippen molar-refractivity contribution in [3.8, 4) is 11.5 Å². The van der Waals surface area contributed by atoms with Crippen molar-refractivity contribution < 1.29 is 14.7 Å². The Hall–Kier alpha value is -3.45. The molecule has 0 aromatic heterocycles. The Balaban J connectivity index is 1.74. The van der Waals surface area contributed by atoms with Crippen LogP contribution in [0.1, 0.15) is 15.9 Å². The van der Waals surface area contributed by atoms with E-state index in [4.69, 9.17) is 9.94 Å².